The van der Waals surface area contributed by atoms with Gasteiger partial charge in [0.1, 0.15) is 18.2 Å². The number of carboxylic acid groups (broad SMARTS) is 1. The van der Waals surface area contributed by atoms with Gasteiger partial charge in [-0.2, -0.15) is 0 Å². The minimum absolute atomic E-state index is 0.0181. The zero-order valence-electron chi connectivity index (χ0n) is 10.5. The highest BCUT2D eigenvalue weighted by Crippen LogP contribution is 2.22. The summed E-state index contributed by atoms with van der Waals surface area (Å²) in [7, 11) is 0. The molecule has 0 saturated heterocycles. The lowest BCUT2D eigenvalue weighted by Crippen LogP contribution is -2.00. The molecule has 0 aliphatic heterocycles. The first-order chi connectivity index (χ1) is 9.56. The molecule has 0 spiro atoms. The van der Waals surface area contributed by atoms with E-state index in [4.69, 9.17) is 9.84 Å². The Morgan fingerprint density at radius 3 is 2.55 bits per heavy atom. The number of benzene rings is 2. The Bertz CT molecular complexity index is 611. The van der Waals surface area contributed by atoms with E-state index in [1.807, 2.05) is 0 Å². The van der Waals surface area contributed by atoms with Gasteiger partial charge in [0.25, 0.3) is 0 Å². The summed E-state index contributed by atoms with van der Waals surface area (Å²) in [6, 6.07) is 11.6. The van der Waals surface area contributed by atoms with Gasteiger partial charge in [-0.25, -0.2) is 4.39 Å². The summed E-state index contributed by atoms with van der Waals surface area (Å²) in [5.41, 5.74) is 1.41. The maximum Gasteiger partial charge on any atom is 0.307 e. The van der Waals surface area contributed by atoms with E-state index in [-0.39, 0.29) is 18.8 Å². The van der Waals surface area contributed by atoms with Crippen molar-refractivity contribution in [1.29, 1.82) is 0 Å². The van der Waals surface area contributed by atoms with E-state index < -0.39 is 5.97 Å². The molecule has 20 heavy (non-hydrogen) atoms. The van der Waals surface area contributed by atoms with Crippen molar-refractivity contribution in [2.45, 2.75) is 13.0 Å². The fraction of sp³-hybridized carbons (Fsp3) is 0.133. The van der Waals surface area contributed by atoms with Crippen LogP contribution in [0.25, 0.3) is 0 Å². The Kier molecular flexibility index (Phi) is 4.74. The highest BCUT2D eigenvalue weighted by atomic mass is 79.9. The molecule has 0 aliphatic rings. The van der Waals surface area contributed by atoms with Crippen LogP contribution < -0.4 is 4.74 Å². The molecule has 3 nitrogen and oxygen atoms in total. The second-order valence-electron chi connectivity index (χ2n) is 4.22. The van der Waals surface area contributed by atoms with Crippen LogP contribution in [0.4, 0.5) is 4.39 Å². The van der Waals surface area contributed by atoms with Crippen LogP contribution in [0.1, 0.15) is 11.1 Å². The summed E-state index contributed by atoms with van der Waals surface area (Å²) in [5, 5.41) is 8.67. The molecule has 2 aromatic rings. The molecule has 0 unspecified atom stereocenters. The first-order valence-corrected chi connectivity index (χ1v) is 6.72. The van der Waals surface area contributed by atoms with Crippen LogP contribution in [0.5, 0.6) is 5.75 Å². The SMILES string of the molecule is O=C(O)Cc1ccc(OCc2cccc(F)c2Br)cc1. The molecule has 5 heteroatoms. The van der Waals surface area contributed by atoms with Crippen LogP contribution in [-0.2, 0) is 17.8 Å². The Labute approximate surface area is 124 Å². The van der Waals surface area contributed by atoms with Crippen molar-refractivity contribution in [3.63, 3.8) is 0 Å². The molecule has 0 fully saturated rings. The Morgan fingerprint density at radius 2 is 1.90 bits per heavy atom. The summed E-state index contributed by atoms with van der Waals surface area (Å²) >= 11 is 3.17. The third-order valence-electron chi connectivity index (χ3n) is 2.70. The van der Waals surface area contributed by atoms with Crippen molar-refractivity contribution in [3.05, 3.63) is 63.9 Å². The highest BCUT2D eigenvalue weighted by molar-refractivity contribution is 9.10. The molecule has 0 amide bonds. The molecule has 0 aliphatic carbocycles. The number of halogens is 2. The van der Waals surface area contributed by atoms with Gasteiger partial charge in [0.15, 0.2) is 0 Å². The molecular weight excluding hydrogens is 327 g/mol. The number of ether oxygens (including phenoxy) is 1. The minimum Gasteiger partial charge on any atom is -0.489 e. The third kappa shape index (κ3) is 3.81. The molecule has 0 bridgehead atoms. The van der Waals surface area contributed by atoms with Gasteiger partial charge >= 0.3 is 5.97 Å². The standard InChI is InChI=1S/C15H12BrFO3/c16-15-11(2-1-3-13(15)17)9-20-12-6-4-10(5-7-12)8-14(18)19/h1-7H,8-9H2,(H,18,19). The lowest BCUT2D eigenvalue weighted by molar-refractivity contribution is -0.136. The van der Waals surface area contributed by atoms with Crippen molar-refractivity contribution in [3.8, 4) is 5.75 Å². The average molecular weight is 339 g/mol. The average Bonchev–Trinajstić information content (AvgIpc) is 2.41. The number of carbonyl (C=O) groups is 1. The lowest BCUT2D eigenvalue weighted by atomic mass is 10.1. The minimum atomic E-state index is -0.873. The summed E-state index contributed by atoms with van der Waals surface area (Å²) < 4.78 is 19.3. The molecule has 1 N–H and O–H groups in total. The Morgan fingerprint density at radius 1 is 1.20 bits per heavy atom. The number of hydrogen-bond acceptors (Lipinski definition) is 2. The van der Waals surface area contributed by atoms with Crippen LogP contribution in [-0.4, -0.2) is 11.1 Å². The Balaban J connectivity index is 2.00. The summed E-state index contributed by atoms with van der Waals surface area (Å²) in [5.74, 6) is -0.597. The summed E-state index contributed by atoms with van der Waals surface area (Å²) in [4.78, 5) is 10.6. The molecule has 0 aromatic heterocycles. The van der Waals surface area contributed by atoms with Gasteiger partial charge in [-0.3, -0.25) is 4.79 Å². The van der Waals surface area contributed by atoms with Gasteiger partial charge in [-0.05, 0) is 39.7 Å². The summed E-state index contributed by atoms with van der Waals surface area (Å²) in [6.07, 6.45) is -0.0181. The number of carboxylic acids is 1. The van der Waals surface area contributed by atoms with Crippen molar-refractivity contribution >= 4 is 21.9 Å². The van der Waals surface area contributed by atoms with Crippen molar-refractivity contribution in [2.24, 2.45) is 0 Å². The fourth-order valence-electron chi connectivity index (χ4n) is 1.70. The zero-order valence-corrected chi connectivity index (χ0v) is 12.1. The maximum absolute atomic E-state index is 13.3. The number of aliphatic carboxylic acids is 1. The van der Waals surface area contributed by atoms with Gasteiger partial charge in [0.2, 0.25) is 0 Å². The van der Waals surface area contributed by atoms with E-state index in [0.717, 1.165) is 0 Å². The van der Waals surface area contributed by atoms with Gasteiger partial charge in [-0.15, -0.1) is 0 Å². The fourth-order valence-corrected chi connectivity index (χ4v) is 2.08. The molecule has 2 rings (SSSR count). The lowest BCUT2D eigenvalue weighted by Gasteiger charge is -2.09. The largest absolute Gasteiger partial charge is 0.489 e. The van der Waals surface area contributed by atoms with E-state index in [1.165, 1.54) is 6.07 Å². The van der Waals surface area contributed by atoms with E-state index in [0.29, 0.717) is 21.3 Å². The third-order valence-corrected chi connectivity index (χ3v) is 3.59. The first-order valence-electron chi connectivity index (χ1n) is 5.92. The van der Waals surface area contributed by atoms with Crippen molar-refractivity contribution in [1.82, 2.24) is 0 Å². The van der Waals surface area contributed by atoms with Gasteiger partial charge in [0.05, 0.1) is 10.9 Å². The van der Waals surface area contributed by atoms with E-state index in [9.17, 15) is 9.18 Å². The predicted molar refractivity (Wildman–Crippen MR) is 76.2 cm³/mol. The van der Waals surface area contributed by atoms with Crippen molar-refractivity contribution < 1.29 is 19.0 Å². The summed E-state index contributed by atoms with van der Waals surface area (Å²) in [6.45, 7) is 0.233. The van der Waals surface area contributed by atoms with Crippen LogP contribution in [0, 0.1) is 5.82 Å². The van der Waals surface area contributed by atoms with E-state index in [1.54, 1.807) is 36.4 Å². The molecule has 104 valence electrons. The maximum atomic E-state index is 13.3. The molecule has 0 heterocycles. The van der Waals surface area contributed by atoms with Crippen LogP contribution >= 0.6 is 15.9 Å². The molecular formula is C15H12BrFO3. The van der Waals surface area contributed by atoms with Crippen molar-refractivity contribution in [2.75, 3.05) is 0 Å². The highest BCUT2D eigenvalue weighted by Gasteiger charge is 2.06. The Hall–Kier alpha value is -1.88. The van der Waals surface area contributed by atoms with Crippen LogP contribution in [0.2, 0.25) is 0 Å². The molecule has 0 radical (unpaired) electrons. The van der Waals surface area contributed by atoms with E-state index >= 15 is 0 Å². The van der Waals surface area contributed by atoms with E-state index in [2.05, 4.69) is 15.9 Å². The predicted octanol–water partition coefficient (Wildman–Crippen LogP) is 3.79. The van der Waals surface area contributed by atoms with Crippen LogP contribution in [0.15, 0.2) is 46.9 Å². The number of rotatable bonds is 5. The van der Waals surface area contributed by atoms with Crippen LogP contribution in [0.3, 0.4) is 0 Å². The molecule has 2 aromatic carbocycles. The number of hydrogen-bond donors (Lipinski definition) is 1. The second kappa shape index (κ2) is 6.52. The monoisotopic (exact) mass is 338 g/mol. The second-order valence-corrected chi connectivity index (χ2v) is 5.01. The topological polar surface area (TPSA) is 46.5 Å². The van der Waals surface area contributed by atoms with Gasteiger partial charge in [-0.1, -0.05) is 24.3 Å². The quantitative estimate of drug-likeness (QED) is 0.901. The molecule has 0 saturated carbocycles. The van der Waals surface area contributed by atoms with Gasteiger partial charge < -0.3 is 9.84 Å². The molecule has 0 atom stereocenters. The smallest absolute Gasteiger partial charge is 0.307 e. The normalized spacial score (nSPS) is 10.3. The zero-order chi connectivity index (χ0) is 14.5. The first kappa shape index (κ1) is 14.5. The van der Waals surface area contributed by atoms with Gasteiger partial charge in [0, 0.05) is 5.56 Å².